The Hall–Kier alpha value is -2.86. The number of nitrogens with zero attached hydrogens (tertiary/aromatic N) is 3. The fourth-order valence-corrected chi connectivity index (χ4v) is 5.69. The van der Waals surface area contributed by atoms with Gasteiger partial charge in [0.05, 0.1) is 11.0 Å². The van der Waals surface area contributed by atoms with E-state index in [1.165, 1.54) is 36.0 Å². The zero-order valence-corrected chi connectivity index (χ0v) is 19.0. The van der Waals surface area contributed by atoms with Crippen LogP contribution in [0.5, 0.6) is 0 Å². The van der Waals surface area contributed by atoms with Crippen LogP contribution in [0.15, 0.2) is 47.3 Å². The van der Waals surface area contributed by atoms with Gasteiger partial charge in [0.15, 0.2) is 0 Å². The molecule has 32 heavy (non-hydrogen) atoms. The van der Waals surface area contributed by atoms with Crippen LogP contribution in [-0.4, -0.2) is 40.1 Å². The number of fused-ring (bicyclic) bond motifs is 2. The Balaban J connectivity index is 1.40. The molecule has 2 heterocycles. The zero-order valence-electron chi connectivity index (χ0n) is 19.0. The number of likely N-dealkylation sites (tertiary alicyclic amines) is 1. The van der Waals surface area contributed by atoms with E-state index in [-0.39, 0.29) is 24.2 Å². The Kier molecular flexibility index (Phi) is 5.64. The maximum atomic E-state index is 13.4. The van der Waals surface area contributed by atoms with E-state index in [2.05, 4.69) is 35.3 Å². The number of imidazole rings is 1. The van der Waals surface area contributed by atoms with Gasteiger partial charge in [-0.3, -0.25) is 18.8 Å². The quantitative estimate of drug-likeness (QED) is 0.686. The summed E-state index contributed by atoms with van der Waals surface area (Å²) in [7, 11) is 1.60. The van der Waals surface area contributed by atoms with E-state index in [1.807, 2.05) is 28.8 Å². The fourth-order valence-electron chi connectivity index (χ4n) is 5.69. The van der Waals surface area contributed by atoms with Crippen LogP contribution in [0.4, 0.5) is 0 Å². The first-order valence-corrected chi connectivity index (χ1v) is 11.8. The first-order chi connectivity index (χ1) is 15.6. The standard InChI is InChI=1S/C26H32N4O2/c1-18-10-11-19-6-5-9-22(21(19)16-18)28-14-12-20(13-15-28)30-24-8-4-3-7-23(24)29(26(30)32)17-25(31)27-2/h3-4,7-8,10-11,16,20,22H,5-6,9,12-15,17H2,1-2H3,(H,27,31). The number of nitrogens with one attached hydrogen (secondary N) is 1. The summed E-state index contributed by atoms with van der Waals surface area (Å²) in [6.45, 7) is 4.22. The van der Waals surface area contributed by atoms with Crippen LogP contribution in [0.2, 0.25) is 0 Å². The Morgan fingerprint density at radius 3 is 2.56 bits per heavy atom. The molecule has 1 saturated heterocycles. The van der Waals surface area contributed by atoms with E-state index in [9.17, 15) is 9.59 Å². The van der Waals surface area contributed by atoms with Crippen LogP contribution < -0.4 is 11.0 Å². The highest BCUT2D eigenvalue weighted by Gasteiger charge is 2.31. The minimum Gasteiger partial charge on any atom is -0.358 e. The fraction of sp³-hybridized carbons (Fsp3) is 0.462. The molecular weight excluding hydrogens is 400 g/mol. The molecule has 1 aliphatic heterocycles. The zero-order chi connectivity index (χ0) is 22.2. The molecule has 0 radical (unpaired) electrons. The molecule has 1 unspecified atom stereocenters. The molecule has 1 atom stereocenters. The first kappa shape index (κ1) is 21.0. The third-order valence-electron chi connectivity index (χ3n) is 7.34. The van der Waals surface area contributed by atoms with Gasteiger partial charge in [-0.05, 0) is 62.3 Å². The van der Waals surface area contributed by atoms with Crippen molar-refractivity contribution in [2.24, 2.45) is 0 Å². The van der Waals surface area contributed by atoms with Gasteiger partial charge in [-0.25, -0.2) is 4.79 Å². The monoisotopic (exact) mass is 432 g/mol. The van der Waals surface area contributed by atoms with E-state index >= 15 is 0 Å². The predicted molar refractivity (Wildman–Crippen MR) is 127 cm³/mol. The van der Waals surface area contributed by atoms with Crippen molar-refractivity contribution in [1.82, 2.24) is 19.4 Å². The summed E-state index contributed by atoms with van der Waals surface area (Å²) in [5.74, 6) is -0.156. The van der Waals surface area contributed by atoms with Crippen molar-refractivity contribution < 1.29 is 4.79 Å². The number of aromatic nitrogens is 2. The average Bonchev–Trinajstić information content (AvgIpc) is 3.10. The lowest BCUT2D eigenvalue weighted by Gasteiger charge is -2.40. The highest BCUT2D eigenvalue weighted by molar-refractivity contribution is 5.80. The topological polar surface area (TPSA) is 59.3 Å². The highest BCUT2D eigenvalue weighted by Crippen LogP contribution is 2.38. The van der Waals surface area contributed by atoms with Crippen LogP contribution in [0.1, 0.15) is 54.5 Å². The number of rotatable bonds is 4. The molecule has 5 rings (SSSR count). The number of carbonyl (C=O) groups excluding carboxylic acids is 1. The van der Waals surface area contributed by atoms with Crippen LogP contribution in [-0.2, 0) is 17.8 Å². The van der Waals surface area contributed by atoms with Crippen LogP contribution in [0, 0.1) is 6.92 Å². The molecule has 1 fully saturated rings. The smallest absolute Gasteiger partial charge is 0.329 e. The largest absolute Gasteiger partial charge is 0.358 e. The van der Waals surface area contributed by atoms with Gasteiger partial charge in [-0.15, -0.1) is 0 Å². The number of amides is 1. The lowest BCUT2D eigenvalue weighted by molar-refractivity contribution is -0.121. The van der Waals surface area contributed by atoms with E-state index in [4.69, 9.17) is 0 Å². The Morgan fingerprint density at radius 1 is 1.06 bits per heavy atom. The molecule has 0 bridgehead atoms. The number of likely N-dealkylation sites (N-methyl/N-ethyl adjacent to an activating group) is 1. The highest BCUT2D eigenvalue weighted by atomic mass is 16.2. The van der Waals surface area contributed by atoms with Crippen LogP contribution in [0.3, 0.4) is 0 Å². The van der Waals surface area contributed by atoms with E-state index in [0.717, 1.165) is 37.0 Å². The molecule has 2 aromatic carbocycles. The molecule has 6 nitrogen and oxygen atoms in total. The average molecular weight is 433 g/mol. The van der Waals surface area contributed by atoms with Gasteiger partial charge in [0.1, 0.15) is 6.54 Å². The molecule has 2 aliphatic rings. The molecule has 1 N–H and O–H groups in total. The summed E-state index contributed by atoms with van der Waals surface area (Å²) in [4.78, 5) is 28.0. The maximum Gasteiger partial charge on any atom is 0.329 e. The molecule has 168 valence electrons. The Labute approximate surface area is 188 Å². The van der Waals surface area contributed by atoms with Crippen LogP contribution in [0.25, 0.3) is 11.0 Å². The third kappa shape index (κ3) is 3.66. The van der Waals surface area contributed by atoms with Crippen molar-refractivity contribution in [3.63, 3.8) is 0 Å². The summed E-state index contributed by atoms with van der Waals surface area (Å²) in [6.07, 6.45) is 5.54. The van der Waals surface area contributed by atoms with Crippen molar-refractivity contribution in [2.45, 2.75) is 57.7 Å². The summed E-state index contributed by atoms with van der Waals surface area (Å²) >= 11 is 0. The van der Waals surface area contributed by atoms with Gasteiger partial charge in [0.2, 0.25) is 5.91 Å². The number of piperidine rings is 1. The van der Waals surface area contributed by atoms with Gasteiger partial charge in [-0.1, -0.05) is 35.9 Å². The SMILES string of the molecule is CNC(=O)Cn1c(=O)n(C2CCN(C3CCCc4ccc(C)cc43)CC2)c2ccccc21. The van der Waals surface area contributed by atoms with E-state index < -0.39 is 0 Å². The number of carbonyl (C=O) groups is 1. The number of aryl methyl sites for hydroxylation is 2. The minimum absolute atomic E-state index is 0.0555. The molecule has 6 heteroatoms. The summed E-state index contributed by atoms with van der Waals surface area (Å²) in [5, 5.41) is 2.63. The molecule has 1 aliphatic carbocycles. The minimum atomic E-state index is -0.156. The molecular formula is C26H32N4O2. The number of hydrogen-bond acceptors (Lipinski definition) is 3. The van der Waals surface area contributed by atoms with Crippen molar-refractivity contribution in [3.05, 3.63) is 69.6 Å². The van der Waals surface area contributed by atoms with Gasteiger partial charge < -0.3 is 5.32 Å². The predicted octanol–water partition coefficient (Wildman–Crippen LogP) is 3.57. The molecule has 0 spiro atoms. The van der Waals surface area contributed by atoms with Crippen LogP contribution >= 0.6 is 0 Å². The molecule has 1 aromatic heterocycles. The summed E-state index contributed by atoms with van der Waals surface area (Å²) in [5.41, 5.74) is 6.03. The second kappa shape index (κ2) is 8.58. The van der Waals surface area contributed by atoms with Crippen molar-refractivity contribution >= 4 is 16.9 Å². The lowest BCUT2D eigenvalue weighted by atomic mass is 9.85. The number of benzene rings is 2. The van der Waals surface area contributed by atoms with E-state index in [1.54, 1.807) is 11.6 Å². The van der Waals surface area contributed by atoms with Crippen molar-refractivity contribution in [2.75, 3.05) is 20.1 Å². The second-order valence-corrected chi connectivity index (χ2v) is 9.28. The molecule has 1 amide bonds. The van der Waals surface area contributed by atoms with Gasteiger partial charge in [0, 0.05) is 32.2 Å². The van der Waals surface area contributed by atoms with Gasteiger partial charge in [0.25, 0.3) is 0 Å². The summed E-state index contributed by atoms with van der Waals surface area (Å²) < 4.78 is 3.55. The van der Waals surface area contributed by atoms with E-state index in [0.29, 0.717) is 6.04 Å². The summed E-state index contributed by atoms with van der Waals surface area (Å²) in [6, 6.07) is 15.4. The Morgan fingerprint density at radius 2 is 1.81 bits per heavy atom. The first-order valence-electron chi connectivity index (χ1n) is 11.8. The molecule has 3 aromatic rings. The second-order valence-electron chi connectivity index (χ2n) is 9.28. The molecule has 0 saturated carbocycles. The normalized spacial score (nSPS) is 19.8. The number of hydrogen-bond donors (Lipinski definition) is 1. The van der Waals surface area contributed by atoms with Crippen molar-refractivity contribution in [1.29, 1.82) is 0 Å². The maximum absolute atomic E-state index is 13.4. The lowest BCUT2D eigenvalue weighted by Crippen LogP contribution is -2.41. The van der Waals surface area contributed by atoms with Gasteiger partial charge in [-0.2, -0.15) is 0 Å². The Bertz CT molecular complexity index is 1200. The third-order valence-corrected chi connectivity index (χ3v) is 7.34. The number of para-hydroxylation sites is 2. The van der Waals surface area contributed by atoms with Gasteiger partial charge >= 0.3 is 5.69 Å². The van der Waals surface area contributed by atoms with Crippen molar-refractivity contribution in [3.8, 4) is 0 Å².